The maximum atomic E-state index is 12.0. The molecule has 0 bridgehead atoms. The molecule has 1 amide bonds. The van der Waals surface area contributed by atoms with Crippen molar-refractivity contribution in [1.82, 2.24) is 15.1 Å². The highest BCUT2D eigenvalue weighted by Gasteiger charge is 2.10. The summed E-state index contributed by atoms with van der Waals surface area (Å²) in [5.41, 5.74) is 1.60. The van der Waals surface area contributed by atoms with E-state index in [-0.39, 0.29) is 5.91 Å². The Balaban J connectivity index is 1.96. The van der Waals surface area contributed by atoms with Crippen LogP contribution in [0, 0.1) is 0 Å². The molecule has 0 aliphatic rings. The van der Waals surface area contributed by atoms with E-state index in [1.165, 1.54) is 0 Å². The fraction of sp³-hybridized carbons (Fsp3) is 0.286. The smallest absolute Gasteiger partial charge is 0.269 e. The van der Waals surface area contributed by atoms with Crippen molar-refractivity contribution in [2.45, 2.75) is 20.0 Å². The number of aryl methyl sites for hydroxylation is 1. The fourth-order valence-corrected chi connectivity index (χ4v) is 1.79. The molecule has 0 fully saturated rings. The van der Waals surface area contributed by atoms with Gasteiger partial charge in [0.05, 0.1) is 7.11 Å². The molecule has 1 aromatic heterocycles. The van der Waals surface area contributed by atoms with Crippen molar-refractivity contribution in [3.05, 3.63) is 47.8 Å². The Labute approximate surface area is 112 Å². The largest absolute Gasteiger partial charge is 0.497 e. The normalized spacial score (nSPS) is 10.2. The lowest BCUT2D eigenvalue weighted by atomic mass is 10.2. The molecule has 0 aliphatic heterocycles. The number of nitrogens with one attached hydrogen (secondary N) is 1. The molecule has 0 saturated heterocycles. The molecule has 5 heteroatoms. The third-order valence-corrected chi connectivity index (χ3v) is 2.86. The number of amides is 1. The zero-order chi connectivity index (χ0) is 13.7. The van der Waals surface area contributed by atoms with Crippen LogP contribution >= 0.6 is 0 Å². The van der Waals surface area contributed by atoms with Crippen LogP contribution in [0.4, 0.5) is 0 Å². The van der Waals surface area contributed by atoms with E-state index >= 15 is 0 Å². The van der Waals surface area contributed by atoms with Gasteiger partial charge < -0.3 is 10.1 Å². The molecule has 19 heavy (non-hydrogen) atoms. The number of aromatic nitrogens is 2. The van der Waals surface area contributed by atoms with Crippen LogP contribution in [0.1, 0.15) is 23.0 Å². The van der Waals surface area contributed by atoms with Crippen LogP contribution in [-0.4, -0.2) is 22.8 Å². The van der Waals surface area contributed by atoms with Crippen molar-refractivity contribution in [1.29, 1.82) is 0 Å². The van der Waals surface area contributed by atoms with E-state index in [4.69, 9.17) is 4.74 Å². The summed E-state index contributed by atoms with van der Waals surface area (Å²) in [6.45, 7) is 3.11. The molecule has 1 aromatic carbocycles. The van der Waals surface area contributed by atoms with Crippen LogP contribution in [0.5, 0.6) is 5.75 Å². The maximum Gasteiger partial charge on any atom is 0.269 e. The Morgan fingerprint density at radius 3 is 2.68 bits per heavy atom. The summed E-state index contributed by atoms with van der Waals surface area (Å²) in [6.07, 6.45) is 1.63. The predicted octanol–water partition coefficient (Wildman–Crippen LogP) is 1.84. The summed E-state index contributed by atoms with van der Waals surface area (Å²) in [4.78, 5) is 12.0. The van der Waals surface area contributed by atoms with Gasteiger partial charge in [-0.3, -0.25) is 9.48 Å². The molecule has 1 N–H and O–H groups in total. The van der Waals surface area contributed by atoms with Crippen molar-refractivity contribution in [3.63, 3.8) is 0 Å². The third kappa shape index (κ3) is 3.13. The number of carbonyl (C=O) groups is 1. The topological polar surface area (TPSA) is 56.2 Å². The molecule has 1 heterocycles. The van der Waals surface area contributed by atoms with Gasteiger partial charge in [-0.15, -0.1) is 0 Å². The van der Waals surface area contributed by atoms with Gasteiger partial charge in [0.25, 0.3) is 5.91 Å². The van der Waals surface area contributed by atoms with E-state index < -0.39 is 0 Å². The lowest BCUT2D eigenvalue weighted by molar-refractivity contribution is 0.0940. The number of hydrogen-bond donors (Lipinski definition) is 1. The van der Waals surface area contributed by atoms with Crippen LogP contribution in [0.15, 0.2) is 36.5 Å². The van der Waals surface area contributed by atoms with Gasteiger partial charge in [0.1, 0.15) is 11.4 Å². The zero-order valence-corrected chi connectivity index (χ0v) is 11.1. The summed E-state index contributed by atoms with van der Waals surface area (Å²) >= 11 is 0. The van der Waals surface area contributed by atoms with Crippen LogP contribution in [0.2, 0.25) is 0 Å². The quantitative estimate of drug-likeness (QED) is 0.891. The molecule has 0 saturated carbocycles. The predicted molar refractivity (Wildman–Crippen MR) is 72.1 cm³/mol. The molecule has 2 rings (SSSR count). The number of methoxy groups -OCH3 is 1. The summed E-state index contributed by atoms with van der Waals surface area (Å²) < 4.78 is 6.76. The van der Waals surface area contributed by atoms with Gasteiger partial charge in [-0.2, -0.15) is 5.10 Å². The van der Waals surface area contributed by atoms with Crippen molar-refractivity contribution in [2.75, 3.05) is 7.11 Å². The molecule has 0 spiro atoms. The number of rotatable bonds is 5. The monoisotopic (exact) mass is 259 g/mol. The Morgan fingerprint density at radius 1 is 1.32 bits per heavy atom. The van der Waals surface area contributed by atoms with Gasteiger partial charge in [-0.05, 0) is 30.7 Å². The second kappa shape index (κ2) is 6.04. The second-order valence-electron chi connectivity index (χ2n) is 4.06. The minimum Gasteiger partial charge on any atom is -0.497 e. The average molecular weight is 259 g/mol. The lowest BCUT2D eigenvalue weighted by Gasteiger charge is -2.07. The van der Waals surface area contributed by atoms with Gasteiger partial charge >= 0.3 is 0 Å². The van der Waals surface area contributed by atoms with Gasteiger partial charge in [0.15, 0.2) is 0 Å². The van der Waals surface area contributed by atoms with Crippen LogP contribution < -0.4 is 10.1 Å². The molecular weight excluding hydrogens is 242 g/mol. The Kier molecular flexibility index (Phi) is 4.18. The highest BCUT2D eigenvalue weighted by Crippen LogP contribution is 2.11. The molecular formula is C14H17N3O2. The first kappa shape index (κ1) is 13.1. The van der Waals surface area contributed by atoms with Crippen molar-refractivity contribution < 1.29 is 9.53 Å². The van der Waals surface area contributed by atoms with E-state index in [2.05, 4.69) is 10.4 Å². The first-order valence-electron chi connectivity index (χ1n) is 6.17. The summed E-state index contributed by atoms with van der Waals surface area (Å²) in [6, 6.07) is 9.31. The molecule has 0 aliphatic carbocycles. The van der Waals surface area contributed by atoms with E-state index in [9.17, 15) is 4.79 Å². The third-order valence-electron chi connectivity index (χ3n) is 2.86. The van der Waals surface area contributed by atoms with Crippen LogP contribution in [0.3, 0.4) is 0 Å². The van der Waals surface area contributed by atoms with E-state index in [0.717, 1.165) is 11.3 Å². The van der Waals surface area contributed by atoms with Crippen molar-refractivity contribution in [2.24, 2.45) is 0 Å². The SMILES string of the molecule is CCn1nccc1C(=O)NCc1ccc(OC)cc1. The summed E-state index contributed by atoms with van der Waals surface area (Å²) in [5.74, 6) is 0.689. The molecule has 0 atom stereocenters. The van der Waals surface area contributed by atoms with Crippen molar-refractivity contribution >= 4 is 5.91 Å². The van der Waals surface area contributed by atoms with Crippen LogP contribution in [0.25, 0.3) is 0 Å². The number of nitrogens with zero attached hydrogens (tertiary/aromatic N) is 2. The summed E-state index contributed by atoms with van der Waals surface area (Å²) in [5, 5.41) is 6.95. The van der Waals surface area contributed by atoms with E-state index in [1.807, 2.05) is 31.2 Å². The van der Waals surface area contributed by atoms with E-state index in [1.54, 1.807) is 24.1 Å². The fourth-order valence-electron chi connectivity index (χ4n) is 1.79. The minimum atomic E-state index is -0.116. The van der Waals surface area contributed by atoms with Gasteiger partial charge in [0, 0.05) is 19.3 Å². The standard InChI is InChI=1S/C14H17N3O2/c1-3-17-13(8-9-16-17)14(18)15-10-11-4-6-12(19-2)7-5-11/h4-9H,3,10H2,1-2H3,(H,15,18). The number of ether oxygens (including phenoxy) is 1. The molecule has 5 nitrogen and oxygen atoms in total. The van der Waals surface area contributed by atoms with Crippen LogP contribution in [-0.2, 0) is 13.1 Å². The number of benzene rings is 1. The molecule has 0 radical (unpaired) electrons. The minimum absolute atomic E-state index is 0.116. The first-order chi connectivity index (χ1) is 9.24. The highest BCUT2D eigenvalue weighted by atomic mass is 16.5. The summed E-state index contributed by atoms with van der Waals surface area (Å²) in [7, 11) is 1.63. The van der Waals surface area contributed by atoms with Gasteiger partial charge in [-0.1, -0.05) is 12.1 Å². The number of carbonyl (C=O) groups excluding carboxylic acids is 1. The molecule has 2 aromatic rings. The van der Waals surface area contributed by atoms with E-state index in [0.29, 0.717) is 18.8 Å². The number of hydrogen-bond acceptors (Lipinski definition) is 3. The Bertz CT molecular complexity index is 546. The molecule has 100 valence electrons. The van der Waals surface area contributed by atoms with Crippen molar-refractivity contribution in [3.8, 4) is 5.75 Å². The lowest BCUT2D eigenvalue weighted by Crippen LogP contribution is -2.25. The Morgan fingerprint density at radius 2 is 2.05 bits per heavy atom. The second-order valence-corrected chi connectivity index (χ2v) is 4.06. The maximum absolute atomic E-state index is 12.0. The average Bonchev–Trinajstić information content (AvgIpc) is 2.93. The Hall–Kier alpha value is -2.30. The molecule has 0 unspecified atom stereocenters. The van der Waals surface area contributed by atoms with Gasteiger partial charge in [-0.25, -0.2) is 0 Å². The zero-order valence-electron chi connectivity index (χ0n) is 11.1. The first-order valence-corrected chi connectivity index (χ1v) is 6.17. The van der Waals surface area contributed by atoms with Gasteiger partial charge in [0.2, 0.25) is 0 Å². The highest BCUT2D eigenvalue weighted by molar-refractivity contribution is 5.92.